The average molecular weight is 486 g/mol. The van der Waals surface area contributed by atoms with Crippen LogP contribution >= 0.6 is 0 Å². The highest BCUT2D eigenvalue weighted by Crippen LogP contribution is 2.40. The van der Waals surface area contributed by atoms with Crippen LogP contribution in [0.4, 0.5) is 24.8 Å². The summed E-state index contributed by atoms with van der Waals surface area (Å²) in [6, 6.07) is 6.25. The molecule has 0 amide bonds. The van der Waals surface area contributed by atoms with Crippen molar-refractivity contribution in [3.05, 3.63) is 59.3 Å². The van der Waals surface area contributed by atoms with Crippen molar-refractivity contribution in [1.29, 1.82) is 0 Å². The van der Waals surface area contributed by atoms with Gasteiger partial charge in [-0.1, -0.05) is 0 Å². The summed E-state index contributed by atoms with van der Waals surface area (Å²) in [6.07, 6.45) is 3.00. The number of ether oxygens (including phenoxy) is 2. The van der Waals surface area contributed by atoms with Crippen LogP contribution in [-0.4, -0.2) is 52.6 Å². The second-order valence-corrected chi connectivity index (χ2v) is 9.26. The quantitative estimate of drug-likeness (QED) is 0.553. The van der Waals surface area contributed by atoms with Gasteiger partial charge in [-0.15, -0.1) is 5.10 Å². The first-order valence-corrected chi connectivity index (χ1v) is 11.7. The van der Waals surface area contributed by atoms with Crippen LogP contribution in [-0.2, 0) is 11.3 Å². The highest BCUT2D eigenvalue weighted by Gasteiger charge is 2.43. The first-order valence-electron chi connectivity index (χ1n) is 11.7. The number of methoxy groups -OCH3 is 1. The molecule has 1 saturated heterocycles. The molecular formula is C24H25F3N6O2. The molecule has 4 heterocycles. The number of pyridine rings is 1. The predicted molar refractivity (Wildman–Crippen MR) is 121 cm³/mol. The molecule has 0 radical (unpaired) electrons. The first-order chi connectivity index (χ1) is 17.0. The normalized spacial score (nSPS) is 25.4. The summed E-state index contributed by atoms with van der Waals surface area (Å²) in [6.45, 7) is 2.49. The largest absolute Gasteiger partial charge is 0.481 e. The van der Waals surface area contributed by atoms with Gasteiger partial charge in [0.1, 0.15) is 6.10 Å². The van der Waals surface area contributed by atoms with Crippen molar-refractivity contribution in [1.82, 2.24) is 19.7 Å². The zero-order chi connectivity index (χ0) is 24.1. The van der Waals surface area contributed by atoms with E-state index in [2.05, 4.69) is 25.3 Å². The minimum absolute atomic E-state index is 0.0926. The Morgan fingerprint density at radius 3 is 2.66 bits per heavy atom. The molecule has 2 fully saturated rings. The molecular weight excluding hydrogens is 461 g/mol. The van der Waals surface area contributed by atoms with Crippen LogP contribution in [0.2, 0.25) is 0 Å². The van der Waals surface area contributed by atoms with E-state index >= 15 is 0 Å². The van der Waals surface area contributed by atoms with Gasteiger partial charge in [0.25, 0.3) is 0 Å². The van der Waals surface area contributed by atoms with Crippen LogP contribution in [0.3, 0.4) is 0 Å². The maximum absolute atomic E-state index is 14.5. The van der Waals surface area contributed by atoms with Gasteiger partial charge >= 0.3 is 0 Å². The van der Waals surface area contributed by atoms with Crippen LogP contribution in [0.1, 0.15) is 30.3 Å². The number of halogens is 3. The number of aromatic nitrogens is 4. The molecule has 11 heteroatoms. The fraction of sp³-hybridized carbons (Fsp3) is 0.458. The van der Waals surface area contributed by atoms with Crippen molar-refractivity contribution in [2.24, 2.45) is 11.8 Å². The van der Waals surface area contributed by atoms with Crippen LogP contribution in [0.5, 0.6) is 5.88 Å². The minimum atomic E-state index is -1.52. The molecule has 4 atom stereocenters. The Morgan fingerprint density at radius 1 is 1.09 bits per heavy atom. The predicted octanol–water partition coefficient (Wildman–Crippen LogP) is 3.55. The number of hydrogen-bond acceptors (Lipinski definition) is 7. The molecule has 3 aliphatic rings. The lowest BCUT2D eigenvalue weighted by Crippen LogP contribution is -2.48. The number of benzene rings is 1. The summed E-state index contributed by atoms with van der Waals surface area (Å²) in [7, 11) is 1.61. The average Bonchev–Trinajstić information content (AvgIpc) is 3.38. The fourth-order valence-electron chi connectivity index (χ4n) is 5.60. The van der Waals surface area contributed by atoms with E-state index in [-0.39, 0.29) is 18.2 Å². The summed E-state index contributed by atoms with van der Waals surface area (Å²) in [5.41, 5.74) is 1.00. The third-order valence-corrected chi connectivity index (χ3v) is 7.29. The van der Waals surface area contributed by atoms with Gasteiger partial charge in [-0.3, -0.25) is 0 Å². The molecule has 2 bridgehead atoms. The second-order valence-electron chi connectivity index (χ2n) is 9.26. The molecule has 1 N–H and O–H groups in total. The van der Waals surface area contributed by atoms with E-state index < -0.39 is 23.6 Å². The highest BCUT2D eigenvalue weighted by molar-refractivity contribution is 5.49. The Kier molecular flexibility index (Phi) is 5.51. The molecule has 1 aliphatic carbocycles. The minimum Gasteiger partial charge on any atom is -0.481 e. The van der Waals surface area contributed by atoms with Crippen LogP contribution in [0.15, 0.2) is 30.5 Å². The van der Waals surface area contributed by atoms with E-state index in [1.165, 1.54) is 6.07 Å². The Balaban J connectivity index is 1.21. The van der Waals surface area contributed by atoms with Gasteiger partial charge < -0.3 is 19.7 Å². The Morgan fingerprint density at radius 2 is 1.89 bits per heavy atom. The molecule has 184 valence electrons. The van der Waals surface area contributed by atoms with Crippen molar-refractivity contribution < 1.29 is 22.6 Å². The number of rotatable bonds is 5. The molecule has 2 aliphatic heterocycles. The summed E-state index contributed by atoms with van der Waals surface area (Å²) < 4.78 is 54.4. The van der Waals surface area contributed by atoms with Crippen molar-refractivity contribution in [3.63, 3.8) is 0 Å². The molecule has 6 rings (SSSR count). The van der Waals surface area contributed by atoms with Crippen molar-refractivity contribution in [2.75, 3.05) is 37.0 Å². The van der Waals surface area contributed by atoms with Gasteiger partial charge in [-0.25, -0.2) is 22.8 Å². The molecule has 35 heavy (non-hydrogen) atoms. The van der Waals surface area contributed by atoms with Crippen LogP contribution < -0.4 is 15.0 Å². The third-order valence-electron chi connectivity index (χ3n) is 7.29. The smallest absolute Gasteiger partial charge is 0.242 e. The molecule has 0 spiro atoms. The van der Waals surface area contributed by atoms with Gasteiger partial charge in [0.2, 0.25) is 11.8 Å². The lowest BCUT2D eigenvalue weighted by atomic mass is 9.92. The zero-order valence-electron chi connectivity index (χ0n) is 19.1. The molecule has 1 aromatic carbocycles. The van der Waals surface area contributed by atoms with Gasteiger partial charge in [0.15, 0.2) is 23.3 Å². The summed E-state index contributed by atoms with van der Waals surface area (Å²) in [5.74, 6) is -1.80. The van der Waals surface area contributed by atoms with Crippen molar-refractivity contribution in [3.8, 4) is 5.88 Å². The zero-order valence-corrected chi connectivity index (χ0v) is 19.1. The number of hydrogen-bond donors (Lipinski definition) is 1. The molecule has 2 aromatic heterocycles. The third kappa shape index (κ3) is 3.87. The summed E-state index contributed by atoms with van der Waals surface area (Å²) in [4.78, 5) is 11.2. The molecule has 1 saturated carbocycles. The number of fused-ring (bicyclic) bond motifs is 3. The van der Waals surface area contributed by atoms with E-state index in [9.17, 15) is 13.2 Å². The van der Waals surface area contributed by atoms with Gasteiger partial charge in [0.05, 0.1) is 20.3 Å². The van der Waals surface area contributed by atoms with Crippen LogP contribution in [0.25, 0.3) is 0 Å². The maximum atomic E-state index is 14.5. The topological polar surface area (TPSA) is 77.3 Å². The Hall–Kier alpha value is -3.34. The summed E-state index contributed by atoms with van der Waals surface area (Å²) >= 11 is 0. The van der Waals surface area contributed by atoms with Crippen molar-refractivity contribution >= 4 is 11.6 Å². The Labute approximate surface area is 200 Å². The van der Waals surface area contributed by atoms with E-state index in [1.807, 2.05) is 12.1 Å². The van der Waals surface area contributed by atoms with E-state index in [0.717, 1.165) is 37.7 Å². The van der Waals surface area contributed by atoms with Crippen molar-refractivity contribution in [2.45, 2.75) is 31.5 Å². The molecule has 8 nitrogen and oxygen atoms in total. The summed E-state index contributed by atoms with van der Waals surface area (Å²) in [5, 5.41) is 8.08. The Bertz CT molecular complexity index is 1240. The van der Waals surface area contributed by atoms with E-state index in [4.69, 9.17) is 9.47 Å². The fourth-order valence-corrected chi connectivity index (χ4v) is 5.60. The lowest BCUT2D eigenvalue weighted by Gasteiger charge is -2.39. The second kappa shape index (κ2) is 8.71. The van der Waals surface area contributed by atoms with Gasteiger partial charge in [-0.2, -0.15) is 4.98 Å². The lowest BCUT2D eigenvalue weighted by molar-refractivity contribution is 0.0364. The monoisotopic (exact) mass is 486 g/mol. The number of piperidine rings is 1. The number of anilines is 2. The van der Waals surface area contributed by atoms with Crippen LogP contribution in [0, 0.1) is 29.3 Å². The SMILES string of the molecule is COc1cc(N2C[C@H]3CC[C@@H](C2)[C@@H]3Nc2nc3n(n2)CCO[C@@H]3c2ccc(F)c(F)c2F)ccn1. The molecule has 3 aromatic rings. The highest BCUT2D eigenvalue weighted by atomic mass is 19.2. The van der Waals surface area contributed by atoms with Gasteiger partial charge in [0, 0.05) is 42.6 Å². The standard InChI is InChI=1S/C24H25F3N6O2/c1-34-18-10-15(6-7-28-18)32-11-13-2-3-14(12-32)21(13)29-24-30-23-22(35-9-8-33(23)31-24)16-4-5-17(25)20(27)19(16)26/h4-7,10,13-14,21-22H,2-3,8-9,11-12H2,1H3,(H,29,31)/t13-,14+,21-,22-/m1/s1. The number of nitrogens with zero attached hydrogens (tertiary/aromatic N) is 5. The van der Waals surface area contributed by atoms with E-state index in [0.29, 0.717) is 36.0 Å². The first kappa shape index (κ1) is 22.1. The maximum Gasteiger partial charge on any atom is 0.242 e. The number of nitrogens with one attached hydrogen (secondary N) is 1. The van der Waals surface area contributed by atoms with Gasteiger partial charge in [-0.05, 0) is 42.9 Å². The van der Waals surface area contributed by atoms with E-state index in [1.54, 1.807) is 18.0 Å². The molecule has 0 unspecified atom stereocenters.